The van der Waals surface area contributed by atoms with Crippen molar-refractivity contribution in [1.29, 1.82) is 0 Å². The lowest BCUT2D eigenvalue weighted by Gasteiger charge is -1.89. The third-order valence-corrected chi connectivity index (χ3v) is 0.740. The molecule has 0 atom stereocenters. The van der Waals surface area contributed by atoms with Gasteiger partial charge in [0.15, 0.2) is 0 Å². The van der Waals surface area contributed by atoms with Crippen molar-refractivity contribution in [3.8, 4) is 0 Å². The summed E-state index contributed by atoms with van der Waals surface area (Å²) in [6, 6.07) is 0. The molecule has 0 unspecified atom stereocenters. The van der Waals surface area contributed by atoms with Gasteiger partial charge in [-0.1, -0.05) is 12.1 Å². The zero-order chi connectivity index (χ0) is 6.57. The van der Waals surface area contributed by atoms with Crippen molar-refractivity contribution in [3.05, 3.63) is 0 Å². The predicted molar refractivity (Wildman–Crippen MR) is 28.7 cm³/mol. The van der Waals surface area contributed by atoms with E-state index < -0.39 is 5.91 Å². The molecule has 0 saturated carbocycles. The molecule has 0 aromatic carbocycles. The number of hydrogen-bond donors (Lipinski definition) is 2. The SMILES string of the molecule is CC/C(=N\O)C(N)=O. The normalized spacial score (nSPS) is 11.4. The molecule has 4 nitrogen and oxygen atoms in total. The number of nitrogens with two attached hydrogens (primary N) is 1. The Morgan fingerprint density at radius 3 is 2.38 bits per heavy atom. The summed E-state index contributed by atoms with van der Waals surface area (Å²) in [5.41, 5.74) is 4.73. The van der Waals surface area contributed by atoms with E-state index in [1.807, 2.05) is 0 Å². The summed E-state index contributed by atoms with van der Waals surface area (Å²) in [7, 11) is 0. The lowest BCUT2D eigenvalue weighted by atomic mass is 10.3. The molecule has 0 heterocycles. The van der Waals surface area contributed by atoms with Crippen LogP contribution in [0.15, 0.2) is 5.16 Å². The maximum absolute atomic E-state index is 10.1. The van der Waals surface area contributed by atoms with E-state index in [-0.39, 0.29) is 5.71 Å². The Labute approximate surface area is 47.0 Å². The van der Waals surface area contributed by atoms with Gasteiger partial charge in [-0.3, -0.25) is 4.79 Å². The van der Waals surface area contributed by atoms with Crippen LogP contribution in [0, 0.1) is 0 Å². The van der Waals surface area contributed by atoms with Crippen molar-refractivity contribution in [3.63, 3.8) is 0 Å². The molecule has 0 saturated heterocycles. The highest BCUT2D eigenvalue weighted by Crippen LogP contribution is 1.80. The molecule has 0 aliphatic carbocycles. The second-order valence-electron chi connectivity index (χ2n) is 1.26. The van der Waals surface area contributed by atoms with E-state index in [0.29, 0.717) is 6.42 Å². The first-order chi connectivity index (χ1) is 3.72. The number of hydrogen-bond acceptors (Lipinski definition) is 3. The van der Waals surface area contributed by atoms with Crippen molar-refractivity contribution < 1.29 is 10.0 Å². The van der Waals surface area contributed by atoms with Crippen LogP contribution in [0.25, 0.3) is 0 Å². The van der Waals surface area contributed by atoms with Crippen molar-refractivity contribution in [2.45, 2.75) is 13.3 Å². The second kappa shape index (κ2) is 3.01. The fourth-order valence-corrected chi connectivity index (χ4v) is 0.294. The van der Waals surface area contributed by atoms with Gasteiger partial charge in [-0.2, -0.15) is 0 Å². The molecule has 3 N–H and O–H groups in total. The number of oxime groups is 1. The number of rotatable bonds is 2. The number of carbonyl (C=O) groups excluding carboxylic acids is 1. The van der Waals surface area contributed by atoms with Gasteiger partial charge < -0.3 is 10.9 Å². The molecule has 0 rings (SSSR count). The van der Waals surface area contributed by atoms with E-state index in [4.69, 9.17) is 10.9 Å². The van der Waals surface area contributed by atoms with Crippen LogP contribution in [0.1, 0.15) is 13.3 Å². The standard InChI is InChI=1S/C4H8N2O2/c1-2-3(6-8)4(5)7/h8H,2H2,1H3,(H2,5,7)/b6-3+. The van der Waals surface area contributed by atoms with Gasteiger partial charge in [0.25, 0.3) is 5.91 Å². The summed E-state index contributed by atoms with van der Waals surface area (Å²) < 4.78 is 0. The monoisotopic (exact) mass is 116 g/mol. The molecule has 0 aliphatic rings. The van der Waals surface area contributed by atoms with E-state index in [1.165, 1.54) is 0 Å². The Bertz CT molecular complexity index is 119. The zero-order valence-electron chi connectivity index (χ0n) is 4.59. The fraction of sp³-hybridized carbons (Fsp3) is 0.500. The van der Waals surface area contributed by atoms with Gasteiger partial charge >= 0.3 is 0 Å². The molecule has 0 aliphatic heterocycles. The van der Waals surface area contributed by atoms with Gasteiger partial charge in [0.2, 0.25) is 0 Å². The van der Waals surface area contributed by atoms with Crippen LogP contribution >= 0.6 is 0 Å². The van der Waals surface area contributed by atoms with Gasteiger partial charge in [0.1, 0.15) is 5.71 Å². The van der Waals surface area contributed by atoms with Crippen molar-refractivity contribution >= 4 is 11.6 Å². The quantitative estimate of drug-likeness (QED) is 0.295. The molecule has 0 spiro atoms. The molecule has 8 heavy (non-hydrogen) atoms. The molecule has 46 valence electrons. The molecule has 0 bridgehead atoms. The summed E-state index contributed by atoms with van der Waals surface area (Å²) in [6.45, 7) is 1.68. The van der Waals surface area contributed by atoms with E-state index in [9.17, 15) is 4.79 Å². The smallest absolute Gasteiger partial charge is 0.266 e. The molecule has 0 aromatic heterocycles. The third-order valence-electron chi connectivity index (χ3n) is 0.740. The minimum atomic E-state index is -0.671. The third kappa shape index (κ3) is 1.59. The highest BCUT2D eigenvalue weighted by atomic mass is 16.4. The summed E-state index contributed by atoms with van der Waals surface area (Å²) in [5.74, 6) is -0.671. The van der Waals surface area contributed by atoms with E-state index >= 15 is 0 Å². The zero-order valence-corrected chi connectivity index (χ0v) is 4.59. The minimum Gasteiger partial charge on any atom is -0.410 e. The first-order valence-corrected chi connectivity index (χ1v) is 2.23. The fourth-order valence-electron chi connectivity index (χ4n) is 0.294. The summed E-state index contributed by atoms with van der Waals surface area (Å²) in [4.78, 5) is 10.1. The lowest BCUT2D eigenvalue weighted by molar-refractivity contribution is -0.112. The highest BCUT2D eigenvalue weighted by molar-refractivity contribution is 6.37. The van der Waals surface area contributed by atoms with Crippen LogP contribution in [0.5, 0.6) is 0 Å². The first kappa shape index (κ1) is 6.94. The lowest BCUT2D eigenvalue weighted by Crippen LogP contribution is -2.22. The topological polar surface area (TPSA) is 75.7 Å². The maximum atomic E-state index is 10.1. The van der Waals surface area contributed by atoms with E-state index in [2.05, 4.69) is 5.16 Å². The number of nitrogens with zero attached hydrogens (tertiary/aromatic N) is 1. The molecule has 1 amide bonds. The Morgan fingerprint density at radius 1 is 1.88 bits per heavy atom. The molecule has 0 fully saturated rings. The Kier molecular flexibility index (Phi) is 2.61. The highest BCUT2D eigenvalue weighted by Gasteiger charge is 2.01. The van der Waals surface area contributed by atoms with Crippen LogP contribution < -0.4 is 5.73 Å². The van der Waals surface area contributed by atoms with Gasteiger partial charge in [-0.25, -0.2) is 0 Å². The Hall–Kier alpha value is -1.06. The summed E-state index contributed by atoms with van der Waals surface area (Å²) >= 11 is 0. The predicted octanol–water partition coefficient (Wildman–Crippen LogP) is -0.288. The average molecular weight is 116 g/mol. The summed E-state index contributed by atoms with van der Waals surface area (Å²) in [6.07, 6.45) is 0.367. The Morgan fingerprint density at radius 2 is 2.38 bits per heavy atom. The number of carbonyl (C=O) groups is 1. The molecular formula is C4H8N2O2. The van der Waals surface area contributed by atoms with E-state index in [1.54, 1.807) is 6.92 Å². The first-order valence-electron chi connectivity index (χ1n) is 2.23. The molecule has 4 heteroatoms. The largest absolute Gasteiger partial charge is 0.410 e. The molecule has 0 aromatic rings. The van der Waals surface area contributed by atoms with Gasteiger partial charge in [-0.05, 0) is 6.42 Å². The number of amides is 1. The van der Waals surface area contributed by atoms with Crippen LogP contribution in [0.3, 0.4) is 0 Å². The van der Waals surface area contributed by atoms with E-state index in [0.717, 1.165) is 0 Å². The van der Waals surface area contributed by atoms with Crippen molar-refractivity contribution in [2.24, 2.45) is 10.9 Å². The second-order valence-corrected chi connectivity index (χ2v) is 1.26. The van der Waals surface area contributed by atoms with Crippen LogP contribution in [-0.2, 0) is 4.79 Å². The Balaban J connectivity index is 3.92. The van der Waals surface area contributed by atoms with Gasteiger partial charge in [-0.15, -0.1) is 0 Å². The summed E-state index contributed by atoms with van der Waals surface area (Å²) in [5, 5.41) is 10.6. The van der Waals surface area contributed by atoms with Crippen LogP contribution in [0.4, 0.5) is 0 Å². The van der Waals surface area contributed by atoms with Crippen LogP contribution in [0.2, 0.25) is 0 Å². The molecule has 0 radical (unpaired) electrons. The van der Waals surface area contributed by atoms with Gasteiger partial charge in [0, 0.05) is 0 Å². The van der Waals surface area contributed by atoms with Crippen molar-refractivity contribution in [2.75, 3.05) is 0 Å². The maximum Gasteiger partial charge on any atom is 0.266 e. The average Bonchev–Trinajstić information content (AvgIpc) is 1.69. The number of primary amides is 1. The minimum absolute atomic E-state index is 0.00463. The molecular weight excluding hydrogens is 108 g/mol. The van der Waals surface area contributed by atoms with Crippen LogP contribution in [-0.4, -0.2) is 16.8 Å². The van der Waals surface area contributed by atoms with Gasteiger partial charge in [0.05, 0.1) is 0 Å². The van der Waals surface area contributed by atoms with Crippen molar-refractivity contribution in [1.82, 2.24) is 0 Å².